The van der Waals surface area contributed by atoms with Crippen LogP contribution in [0, 0.1) is 5.92 Å². The van der Waals surface area contributed by atoms with Gasteiger partial charge in [-0.25, -0.2) is 0 Å². The molecular weight excluding hydrogens is 224 g/mol. The molecule has 2 rings (SSSR count). The molecule has 1 aliphatic rings. The van der Waals surface area contributed by atoms with E-state index in [0.717, 1.165) is 0 Å². The number of phenols is 1. The average Bonchev–Trinajstić information content (AvgIpc) is 2.32. The van der Waals surface area contributed by atoms with Gasteiger partial charge in [0.05, 0.1) is 18.8 Å². The number of aliphatic hydroxyl groups excluding tert-OH is 2. The Labute approximate surface area is 98.3 Å². The first-order valence-corrected chi connectivity index (χ1v) is 5.31. The molecular formula is C12H14O5. The molecule has 0 radical (unpaired) electrons. The van der Waals surface area contributed by atoms with E-state index < -0.39 is 12.0 Å². The van der Waals surface area contributed by atoms with E-state index in [4.69, 9.17) is 9.84 Å². The third kappa shape index (κ3) is 1.87. The van der Waals surface area contributed by atoms with E-state index in [9.17, 15) is 15.0 Å². The summed E-state index contributed by atoms with van der Waals surface area (Å²) in [7, 11) is 1.43. The number of carbonyl (C=O) groups is 1. The van der Waals surface area contributed by atoms with Crippen molar-refractivity contribution in [3.63, 3.8) is 0 Å². The van der Waals surface area contributed by atoms with Crippen LogP contribution < -0.4 is 4.74 Å². The minimum absolute atomic E-state index is 0.0323. The molecule has 5 heteroatoms. The predicted molar refractivity (Wildman–Crippen MR) is 59.1 cm³/mol. The SMILES string of the molecule is COc1cc(O)c2c(c1)[C@H](O)[C@H](CO)CC2=O. The van der Waals surface area contributed by atoms with Gasteiger partial charge in [0, 0.05) is 25.0 Å². The number of hydrogen-bond donors (Lipinski definition) is 3. The highest BCUT2D eigenvalue weighted by atomic mass is 16.5. The van der Waals surface area contributed by atoms with Crippen LogP contribution in [0.2, 0.25) is 0 Å². The Hall–Kier alpha value is -1.59. The van der Waals surface area contributed by atoms with Crippen molar-refractivity contribution >= 4 is 5.78 Å². The molecule has 92 valence electrons. The van der Waals surface area contributed by atoms with Gasteiger partial charge in [-0.15, -0.1) is 0 Å². The van der Waals surface area contributed by atoms with Crippen molar-refractivity contribution in [2.24, 2.45) is 5.92 Å². The molecule has 0 bridgehead atoms. The first kappa shape index (κ1) is 11.9. The molecule has 0 fully saturated rings. The molecule has 0 saturated heterocycles. The van der Waals surface area contributed by atoms with Crippen molar-refractivity contribution in [3.05, 3.63) is 23.3 Å². The quantitative estimate of drug-likeness (QED) is 0.703. The van der Waals surface area contributed by atoms with Gasteiger partial charge in [0.1, 0.15) is 11.5 Å². The van der Waals surface area contributed by atoms with E-state index in [2.05, 4.69) is 0 Å². The molecule has 1 aliphatic carbocycles. The number of aliphatic hydroxyl groups is 2. The lowest BCUT2D eigenvalue weighted by Gasteiger charge is -2.28. The van der Waals surface area contributed by atoms with Gasteiger partial charge in [-0.05, 0) is 11.6 Å². The zero-order chi connectivity index (χ0) is 12.6. The van der Waals surface area contributed by atoms with E-state index in [1.54, 1.807) is 0 Å². The van der Waals surface area contributed by atoms with Gasteiger partial charge < -0.3 is 20.1 Å². The number of rotatable bonds is 2. The van der Waals surface area contributed by atoms with Gasteiger partial charge in [0.2, 0.25) is 0 Å². The lowest BCUT2D eigenvalue weighted by molar-refractivity contribution is 0.0471. The predicted octanol–water partition coefficient (Wildman–Crippen LogP) is 0.629. The maximum Gasteiger partial charge on any atom is 0.167 e. The largest absolute Gasteiger partial charge is 0.507 e. The normalized spacial score (nSPS) is 23.4. The van der Waals surface area contributed by atoms with Crippen molar-refractivity contribution in [2.45, 2.75) is 12.5 Å². The number of ketones is 1. The number of ether oxygens (including phenoxy) is 1. The van der Waals surface area contributed by atoms with E-state index in [1.165, 1.54) is 19.2 Å². The maximum absolute atomic E-state index is 11.8. The van der Waals surface area contributed by atoms with Gasteiger partial charge in [0.15, 0.2) is 5.78 Å². The maximum atomic E-state index is 11.8. The number of benzene rings is 1. The van der Waals surface area contributed by atoms with Crippen molar-refractivity contribution in [1.29, 1.82) is 0 Å². The number of fused-ring (bicyclic) bond motifs is 1. The van der Waals surface area contributed by atoms with Gasteiger partial charge in [-0.1, -0.05) is 0 Å². The topological polar surface area (TPSA) is 87.0 Å². The fourth-order valence-corrected chi connectivity index (χ4v) is 2.15. The summed E-state index contributed by atoms with van der Waals surface area (Å²) in [6.07, 6.45) is -0.932. The monoisotopic (exact) mass is 238 g/mol. The molecule has 1 aromatic carbocycles. The van der Waals surface area contributed by atoms with Gasteiger partial charge in [-0.3, -0.25) is 4.79 Å². The fourth-order valence-electron chi connectivity index (χ4n) is 2.15. The number of methoxy groups -OCH3 is 1. The molecule has 17 heavy (non-hydrogen) atoms. The summed E-state index contributed by atoms with van der Waals surface area (Å²) >= 11 is 0. The molecule has 3 N–H and O–H groups in total. The summed E-state index contributed by atoms with van der Waals surface area (Å²) < 4.78 is 4.97. The molecule has 0 spiro atoms. The Balaban J connectivity index is 2.57. The summed E-state index contributed by atoms with van der Waals surface area (Å²) in [6.45, 7) is -0.273. The lowest BCUT2D eigenvalue weighted by Crippen LogP contribution is -2.27. The second kappa shape index (κ2) is 4.35. The molecule has 2 atom stereocenters. The summed E-state index contributed by atoms with van der Waals surface area (Å²) in [5.74, 6) is -0.627. The van der Waals surface area contributed by atoms with Crippen molar-refractivity contribution in [3.8, 4) is 11.5 Å². The van der Waals surface area contributed by atoms with Crippen LogP contribution in [0.5, 0.6) is 11.5 Å². The zero-order valence-corrected chi connectivity index (χ0v) is 9.38. The highest BCUT2D eigenvalue weighted by molar-refractivity contribution is 6.01. The summed E-state index contributed by atoms with van der Waals surface area (Å²) in [5, 5.41) is 28.8. The van der Waals surface area contributed by atoms with Crippen LogP contribution in [0.4, 0.5) is 0 Å². The van der Waals surface area contributed by atoms with Crippen LogP contribution >= 0.6 is 0 Å². The van der Waals surface area contributed by atoms with Crippen molar-refractivity contribution < 1.29 is 24.9 Å². The summed E-state index contributed by atoms with van der Waals surface area (Å²) in [6, 6.07) is 2.85. The number of phenolic OH excluding ortho intramolecular Hbond substituents is 1. The highest BCUT2D eigenvalue weighted by Crippen LogP contribution is 2.40. The molecule has 0 saturated carbocycles. The first-order chi connectivity index (χ1) is 8.08. The van der Waals surface area contributed by atoms with E-state index in [-0.39, 0.29) is 30.1 Å². The van der Waals surface area contributed by atoms with E-state index >= 15 is 0 Å². The third-order valence-corrected chi connectivity index (χ3v) is 3.08. The second-order valence-corrected chi connectivity index (χ2v) is 4.13. The summed E-state index contributed by atoms with van der Waals surface area (Å²) in [4.78, 5) is 11.8. The molecule has 0 aliphatic heterocycles. The van der Waals surface area contributed by atoms with Crippen LogP contribution in [0.15, 0.2) is 12.1 Å². The lowest BCUT2D eigenvalue weighted by atomic mass is 9.80. The molecule has 0 amide bonds. The smallest absolute Gasteiger partial charge is 0.167 e. The third-order valence-electron chi connectivity index (χ3n) is 3.08. The van der Waals surface area contributed by atoms with E-state index in [0.29, 0.717) is 11.3 Å². The number of Topliss-reactive ketones (excluding diaryl/α,β-unsaturated/α-hetero) is 1. The zero-order valence-electron chi connectivity index (χ0n) is 9.38. The van der Waals surface area contributed by atoms with Crippen LogP contribution in [0.25, 0.3) is 0 Å². The minimum Gasteiger partial charge on any atom is -0.507 e. The van der Waals surface area contributed by atoms with Crippen LogP contribution in [-0.2, 0) is 0 Å². The molecule has 5 nitrogen and oxygen atoms in total. The highest BCUT2D eigenvalue weighted by Gasteiger charge is 2.34. The number of carbonyl (C=O) groups excluding carboxylic acids is 1. The number of aromatic hydroxyl groups is 1. The molecule has 0 aromatic heterocycles. The van der Waals surface area contributed by atoms with Gasteiger partial charge in [0.25, 0.3) is 0 Å². The Morgan fingerprint density at radius 2 is 2.18 bits per heavy atom. The minimum atomic E-state index is -0.964. The molecule has 0 heterocycles. The number of hydrogen-bond acceptors (Lipinski definition) is 5. The standard InChI is InChI=1S/C12H14O5/c1-17-7-3-8-11(10(15)4-7)9(14)2-6(5-13)12(8)16/h3-4,6,12-13,15-16H,2,5H2,1H3/t6-,12+/m0/s1. The first-order valence-electron chi connectivity index (χ1n) is 5.31. The van der Waals surface area contributed by atoms with Crippen LogP contribution in [0.3, 0.4) is 0 Å². The fraction of sp³-hybridized carbons (Fsp3) is 0.417. The molecule has 1 aromatic rings. The van der Waals surface area contributed by atoms with Gasteiger partial charge in [-0.2, -0.15) is 0 Å². The Morgan fingerprint density at radius 3 is 2.76 bits per heavy atom. The van der Waals surface area contributed by atoms with Crippen LogP contribution in [0.1, 0.15) is 28.4 Å². The van der Waals surface area contributed by atoms with E-state index in [1.807, 2.05) is 0 Å². The van der Waals surface area contributed by atoms with Crippen molar-refractivity contribution in [2.75, 3.05) is 13.7 Å². The van der Waals surface area contributed by atoms with Crippen LogP contribution in [-0.4, -0.2) is 34.8 Å². The Kier molecular flexibility index (Phi) is 3.04. The van der Waals surface area contributed by atoms with Gasteiger partial charge >= 0.3 is 0 Å². The Bertz CT molecular complexity index is 454. The van der Waals surface area contributed by atoms with Crippen molar-refractivity contribution in [1.82, 2.24) is 0 Å². The second-order valence-electron chi connectivity index (χ2n) is 4.13. The summed E-state index contributed by atoms with van der Waals surface area (Å²) in [5.41, 5.74) is 0.445. The average molecular weight is 238 g/mol. The Morgan fingerprint density at radius 1 is 1.47 bits per heavy atom. The molecule has 0 unspecified atom stereocenters.